The van der Waals surface area contributed by atoms with Gasteiger partial charge in [0.25, 0.3) is 0 Å². The molecule has 0 aromatic heterocycles. The second kappa shape index (κ2) is 6.22. The Labute approximate surface area is 112 Å². The largest absolute Gasteiger partial charge is 0.479 e. The van der Waals surface area contributed by atoms with Crippen LogP contribution in [0.4, 0.5) is 4.79 Å². The number of urea groups is 1. The van der Waals surface area contributed by atoms with Crippen molar-refractivity contribution in [3.63, 3.8) is 0 Å². The van der Waals surface area contributed by atoms with E-state index in [1.165, 1.54) is 0 Å². The highest BCUT2D eigenvalue weighted by Gasteiger charge is 2.23. The summed E-state index contributed by atoms with van der Waals surface area (Å²) < 4.78 is 0. The maximum Gasteiger partial charge on any atom is 0.330 e. The number of carboxylic acid groups (broad SMARTS) is 1. The molecule has 0 radical (unpaired) electrons. The molecular weight excluding hydrogens is 244 g/mol. The summed E-state index contributed by atoms with van der Waals surface area (Å²) in [5.41, 5.74) is 0.566. The standard InChI is InChI=1S/C14H18N2O3/c17-13(18)12(10-6-2-1-3-7-10)16-14(19)15-11-8-4-5-9-11/h1-3,6-7,11-12H,4-5,8-9H2,(H,17,18)(H2,15,16,19). The molecule has 0 heterocycles. The fourth-order valence-electron chi connectivity index (χ4n) is 2.36. The summed E-state index contributed by atoms with van der Waals surface area (Å²) in [6.45, 7) is 0. The van der Waals surface area contributed by atoms with Crippen molar-refractivity contribution >= 4 is 12.0 Å². The highest BCUT2D eigenvalue weighted by atomic mass is 16.4. The highest BCUT2D eigenvalue weighted by molar-refractivity contribution is 5.83. The van der Waals surface area contributed by atoms with Crippen LogP contribution in [0.3, 0.4) is 0 Å². The second-order valence-electron chi connectivity index (χ2n) is 4.78. The molecule has 5 heteroatoms. The molecule has 5 nitrogen and oxygen atoms in total. The smallest absolute Gasteiger partial charge is 0.330 e. The third kappa shape index (κ3) is 3.71. The fraction of sp³-hybridized carbons (Fsp3) is 0.429. The molecule has 0 bridgehead atoms. The van der Waals surface area contributed by atoms with E-state index in [9.17, 15) is 14.7 Å². The van der Waals surface area contributed by atoms with Crippen LogP contribution in [-0.4, -0.2) is 23.1 Å². The number of hydrogen-bond donors (Lipinski definition) is 3. The number of carbonyl (C=O) groups is 2. The number of benzene rings is 1. The maximum absolute atomic E-state index is 11.8. The lowest BCUT2D eigenvalue weighted by atomic mass is 10.1. The summed E-state index contributed by atoms with van der Waals surface area (Å²) in [5, 5.41) is 14.5. The van der Waals surface area contributed by atoms with Crippen molar-refractivity contribution in [1.29, 1.82) is 0 Å². The van der Waals surface area contributed by atoms with E-state index in [-0.39, 0.29) is 6.04 Å². The molecule has 1 atom stereocenters. The van der Waals surface area contributed by atoms with E-state index in [1.807, 2.05) is 0 Å². The molecule has 3 N–H and O–H groups in total. The topological polar surface area (TPSA) is 78.4 Å². The molecule has 0 aliphatic heterocycles. The van der Waals surface area contributed by atoms with Gasteiger partial charge in [0.15, 0.2) is 6.04 Å². The van der Waals surface area contributed by atoms with E-state index in [0.717, 1.165) is 25.7 Å². The Morgan fingerprint density at radius 1 is 1.16 bits per heavy atom. The molecule has 2 amide bonds. The van der Waals surface area contributed by atoms with E-state index in [2.05, 4.69) is 10.6 Å². The first-order chi connectivity index (χ1) is 9.16. The predicted octanol–water partition coefficient (Wildman–Crippen LogP) is 2.05. The van der Waals surface area contributed by atoms with Crippen molar-refractivity contribution in [2.24, 2.45) is 0 Å². The van der Waals surface area contributed by atoms with E-state index >= 15 is 0 Å². The molecule has 1 aromatic carbocycles. The monoisotopic (exact) mass is 262 g/mol. The van der Waals surface area contributed by atoms with E-state index in [1.54, 1.807) is 30.3 Å². The number of rotatable bonds is 4. The van der Waals surface area contributed by atoms with Crippen LogP contribution >= 0.6 is 0 Å². The molecule has 1 aliphatic rings. The van der Waals surface area contributed by atoms with Gasteiger partial charge in [-0.3, -0.25) is 0 Å². The highest BCUT2D eigenvalue weighted by Crippen LogP contribution is 2.18. The first kappa shape index (κ1) is 13.4. The molecule has 0 spiro atoms. The van der Waals surface area contributed by atoms with Crippen LogP contribution in [0.1, 0.15) is 37.3 Å². The van der Waals surface area contributed by atoms with Crippen LogP contribution in [0.2, 0.25) is 0 Å². The zero-order valence-corrected chi connectivity index (χ0v) is 10.6. The van der Waals surface area contributed by atoms with Crippen molar-refractivity contribution < 1.29 is 14.7 Å². The average Bonchev–Trinajstić information content (AvgIpc) is 2.89. The molecule has 19 heavy (non-hydrogen) atoms. The van der Waals surface area contributed by atoms with Gasteiger partial charge in [-0.05, 0) is 18.4 Å². The van der Waals surface area contributed by atoms with Gasteiger partial charge in [-0.2, -0.15) is 0 Å². The third-order valence-corrected chi connectivity index (χ3v) is 3.35. The van der Waals surface area contributed by atoms with Crippen molar-refractivity contribution in [3.05, 3.63) is 35.9 Å². The molecule has 102 valence electrons. The van der Waals surface area contributed by atoms with Crippen LogP contribution in [0, 0.1) is 0 Å². The zero-order chi connectivity index (χ0) is 13.7. The van der Waals surface area contributed by atoms with Crippen LogP contribution in [-0.2, 0) is 4.79 Å². The van der Waals surface area contributed by atoms with Crippen molar-refractivity contribution in [2.45, 2.75) is 37.8 Å². The van der Waals surface area contributed by atoms with Gasteiger partial charge in [0, 0.05) is 6.04 Å². The third-order valence-electron chi connectivity index (χ3n) is 3.35. The maximum atomic E-state index is 11.8. The molecule has 0 saturated heterocycles. The van der Waals surface area contributed by atoms with Crippen LogP contribution < -0.4 is 10.6 Å². The Bertz CT molecular complexity index is 441. The molecule has 1 fully saturated rings. The average molecular weight is 262 g/mol. The first-order valence-electron chi connectivity index (χ1n) is 6.51. The summed E-state index contributed by atoms with van der Waals surface area (Å²) in [7, 11) is 0. The number of amides is 2. The second-order valence-corrected chi connectivity index (χ2v) is 4.78. The minimum absolute atomic E-state index is 0.171. The van der Waals surface area contributed by atoms with Crippen molar-refractivity contribution in [3.8, 4) is 0 Å². The van der Waals surface area contributed by atoms with Gasteiger partial charge in [-0.25, -0.2) is 9.59 Å². The SMILES string of the molecule is O=C(NC1CCCC1)NC(C(=O)O)c1ccccc1. The Morgan fingerprint density at radius 2 is 1.79 bits per heavy atom. The Kier molecular flexibility index (Phi) is 4.39. The Morgan fingerprint density at radius 3 is 2.37 bits per heavy atom. The van der Waals surface area contributed by atoms with Gasteiger partial charge in [-0.1, -0.05) is 43.2 Å². The van der Waals surface area contributed by atoms with Crippen LogP contribution in [0.5, 0.6) is 0 Å². The predicted molar refractivity (Wildman–Crippen MR) is 70.7 cm³/mol. The van der Waals surface area contributed by atoms with Gasteiger partial charge in [0.05, 0.1) is 0 Å². The summed E-state index contributed by atoms with van der Waals surface area (Å²) in [4.78, 5) is 23.0. The fourth-order valence-corrected chi connectivity index (χ4v) is 2.36. The zero-order valence-electron chi connectivity index (χ0n) is 10.6. The summed E-state index contributed by atoms with van der Waals surface area (Å²) in [6.07, 6.45) is 4.17. The Hall–Kier alpha value is -2.04. The lowest BCUT2D eigenvalue weighted by Gasteiger charge is -2.18. The molecule has 1 aromatic rings. The minimum atomic E-state index is -1.06. The summed E-state index contributed by atoms with van der Waals surface area (Å²) >= 11 is 0. The van der Waals surface area contributed by atoms with E-state index < -0.39 is 18.0 Å². The molecular formula is C14H18N2O3. The number of carboxylic acids is 1. The lowest BCUT2D eigenvalue weighted by molar-refractivity contribution is -0.139. The van der Waals surface area contributed by atoms with Gasteiger partial charge < -0.3 is 15.7 Å². The van der Waals surface area contributed by atoms with Crippen LogP contribution in [0.15, 0.2) is 30.3 Å². The first-order valence-corrected chi connectivity index (χ1v) is 6.51. The summed E-state index contributed by atoms with van der Waals surface area (Å²) in [6, 6.07) is 7.43. The normalized spacial score (nSPS) is 16.8. The van der Waals surface area contributed by atoms with Crippen molar-refractivity contribution in [1.82, 2.24) is 10.6 Å². The lowest BCUT2D eigenvalue weighted by Crippen LogP contribution is -2.44. The molecule has 1 unspecified atom stereocenters. The number of carbonyl (C=O) groups excluding carboxylic acids is 1. The Balaban J connectivity index is 1.97. The number of nitrogens with one attached hydrogen (secondary N) is 2. The van der Waals surface area contributed by atoms with E-state index in [0.29, 0.717) is 5.56 Å². The van der Waals surface area contributed by atoms with Crippen molar-refractivity contribution in [2.75, 3.05) is 0 Å². The van der Waals surface area contributed by atoms with Gasteiger partial charge in [0.2, 0.25) is 0 Å². The molecule has 2 rings (SSSR count). The summed E-state index contributed by atoms with van der Waals surface area (Å²) in [5.74, 6) is -1.06. The molecule has 1 aliphatic carbocycles. The number of aliphatic carboxylic acids is 1. The van der Waals surface area contributed by atoms with E-state index in [4.69, 9.17) is 0 Å². The molecule has 1 saturated carbocycles. The number of hydrogen-bond acceptors (Lipinski definition) is 2. The van der Waals surface area contributed by atoms with Gasteiger partial charge in [0.1, 0.15) is 0 Å². The quantitative estimate of drug-likeness (QED) is 0.777. The minimum Gasteiger partial charge on any atom is -0.479 e. The van der Waals surface area contributed by atoms with Gasteiger partial charge in [-0.15, -0.1) is 0 Å². The van der Waals surface area contributed by atoms with Crippen LogP contribution in [0.25, 0.3) is 0 Å². The van der Waals surface area contributed by atoms with Gasteiger partial charge >= 0.3 is 12.0 Å².